The third-order valence-corrected chi connectivity index (χ3v) is 3.14. The zero-order valence-electron chi connectivity index (χ0n) is 11.5. The van der Waals surface area contributed by atoms with Gasteiger partial charge in [0.1, 0.15) is 11.5 Å². The van der Waals surface area contributed by atoms with Crippen LogP contribution >= 0.6 is 0 Å². The van der Waals surface area contributed by atoms with Gasteiger partial charge in [0.05, 0.1) is 20.3 Å². The van der Waals surface area contributed by atoms with Crippen molar-refractivity contribution in [3.05, 3.63) is 58.9 Å². The van der Waals surface area contributed by atoms with Crippen molar-refractivity contribution in [3.63, 3.8) is 0 Å². The Hall–Kier alpha value is -2.21. The minimum Gasteiger partial charge on any atom is -0.497 e. The van der Waals surface area contributed by atoms with E-state index in [1.165, 1.54) is 14.2 Å². The van der Waals surface area contributed by atoms with Crippen molar-refractivity contribution in [1.29, 1.82) is 0 Å². The fourth-order valence-electron chi connectivity index (χ4n) is 2.01. The van der Waals surface area contributed by atoms with Gasteiger partial charge in [0, 0.05) is 11.6 Å². The van der Waals surface area contributed by atoms with Crippen LogP contribution in [0.25, 0.3) is 0 Å². The number of nitrogens with two attached hydrogens (primary N) is 1. The van der Waals surface area contributed by atoms with E-state index in [0.29, 0.717) is 17.1 Å². The Balaban J connectivity index is 2.47. The molecular weight excluding hydrogens is 283 g/mol. The highest BCUT2D eigenvalue weighted by Crippen LogP contribution is 2.32. The minimum atomic E-state index is -1.52. The van der Waals surface area contributed by atoms with Crippen LogP contribution in [0.1, 0.15) is 17.2 Å². The summed E-state index contributed by atoms with van der Waals surface area (Å²) in [6.45, 7) is 0. The van der Waals surface area contributed by atoms with Gasteiger partial charge in [-0.15, -0.1) is 0 Å². The quantitative estimate of drug-likeness (QED) is 0.882. The molecule has 0 aliphatic carbocycles. The summed E-state index contributed by atoms with van der Waals surface area (Å²) in [5.41, 5.74) is 6.61. The Morgan fingerprint density at radius 2 is 1.57 bits per heavy atom. The molecule has 0 aliphatic rings. The smallest absolute Gasteiger partial charge is 0.194 e. The first kappa shape index (κ1) is 15.2. The number of ether oxygens (including phenoxy) is 2. The van der Waals surface area contributed by atoms with Gasteiger partial charge in [0.25, 0.3) is 0 Å². The van der Waals surface area contributed by atoms with E-state index < -0.39 is 23.5 Å². The first-order valence-electron chi connectivity index (χ1n) is 6.10. The summed E-state index contributed by atoms with van der Waals surface area (Å²) in [5, 5.41) is 0. The van der Waals surface area contributed by atoms with Crippen molar-refractivity contribution in [2.24, 2.45) is 5.73 Å². The summed E-state index contributed by atoms with van der Waals surface area (Å²) in [6, 6.07) is 5.75. The van der Waals surface area contributed by atoms with Gasteiger partial charge in [0.2, 0.25) is 0 Å². The highest BCUT2D eigenvalue weighted by atomic mass is 19.2. The SMILES string of the molecule is COc1ccc(C(N)c2cc(F)c(F)c(F)c2)c(OC)c1. The van der Waals surface area contributed by atoms with Gasteiger partial charge in [-0.25, -0.2) is 13.2 Å². The number of halogens is 3. The van der Waals surface area contributed by atoms with Crippen molar-refractivity contribution >= 4 is 0 Å². The van der Waals surface area contributed by atoms with E-state index in [-0.39, 0.29) is 5.56 Å². The van der Waals surface area contributed by atoms with E-state index in [2.05, 4.69) is 0 Å². The second-order valence-electron chi connectivity index (χ2n) is 4.38. The molecule has 0 amide bonds. The Labute approximate surface area is 120 Å². The molecule has 2 N–H and O–H groups in total. The number of rotatable bonds is 4. The predicted octanol–water partition coefficient (Wildman–Crippen LogP) is 3.17. The number of methoxy groups -OCH3 is 2. The van der Waals surface area contributed by atoms with Gasteiger partial charge in [-0.3, -0.25) is 0 Å². The molecule has 0 fully saturated rings. The highest BCUT2D eigenvalue weighted by Gasteiger charge is 2.19. The van der Waals surface area contributed by atoms with E-state index in [4.69, 9.17) is 15.2 Å². The van der Waals surface area contributed by atoms with E-state index >= 15 is 0 Å². The maximum Gasteiger partial charge on any atom is 0.194 e. The van der Waals surface area contributed by atoms with Crippen LogP contribution < -0.4 is 15.2 Å². The van der Waals surface area contributed by atoms with Crippen LogP contribution in [0, 0.1) is 17.5 Å². The molecule has 1 atom stereocenters. The molecule has 21 heavy (non-hydrogen) atoms. The fourth-order valence-corrected chi connectivity index (χ4v) is 2.01. The molecule has 3 nitrogen and oxygen atoms in total. The van der Waals surface area contributed by atoms with Crippen LogP contribution in [0.2, 0.25) is 0 Å². The zero-order chi connectivity index (χ0) is 15.6. The summed E-state index contributed by atoms with van der Waals surface area (Å²) in [4.78, 5) is 0. The monoisotopic (exact) mass is 297 g/mol. The van der Waals surface area contributed by atoms with Gasteiger partial charge in [-0.2, -0.15) is 0 Å². The average molecular weight is 297 g/mol. The lowest BCUT2D eigenvalue weighted by Gasteiger charge is -2.17. The molecule has 1 unspecified atom stereocenters. The number of benzene rings is 2. The molecule has 6 heteroatoms. The Bertz CT molecular complexity index is 638. The molecule has 0 aliphatic heterocycles. The van der Waals surface area contributed by atoms with Crippen LogP contribution in [0.4, 0.5) is 13.2 Å². The van der Waals surface area contributed by atoms with E-state index in [9.17, 15) is 13.2 Å². The van der Waals surface area contributed by atoms with E-state index in [1.807, 2.05) is 0 Å². The summed E-state index contributed by atoms with van der Waals surface area (Å²) in [7, 11) is 2.94. The summed E-state index contributed by atoms with van der Waals surface area (Å²) < 4.78 is 49.8. The molecule has 0 aromatic heterocycles. The summed E-state index contributed by atoms with van der Waals surface area (Å²) in [6.07, 6.45) is 0. The Morgan fingerprint density at radius 3 is 2.10 bits per heavy atom. The second kappa shape index (κ2) is 6.05. The maximum absolute atomic E-state index is 13.3. The molecule has 0 heterocycles. The summed E-state index contributed by atoms with van der Waals surface area (Å²) in [5.74, 6) is -3.13. The molecule has 2 rings (SSSR count). The fraction of sp³-hybridized carbons (Fsp3) is 0.200. The number of hydrogen-bond acceptors (Lipinski definition) is 3. The summed E-state index contributed by atoms with van der Waals surface area (Å²) >= 11 is 0. The van der Waals surface area contributed by atoms with Gasteiger partial charge in [0.15, 0.2) is 17.5 Å². The molecular formula is C15H14F3NO2. The molecule has 2 aromatic carbocycles. The lowest BCUT2D eigenvalue weighted by Crippen LogP contribution is -2.14. The molecule has 0 radical (unpaired) electrons. The normalized spacial score (nSPS) is 12.1. The third kappa shape index (κ3) is 2.95. The van der Waals surface area contributed by atoms with Crippen molar-refractivity contribution < 1.29 is 22.6 Å². The molecule has 112 valence electrons. The van der Waals surface area contributed by atoms with Crippen molar-refractivity contribution in [2.45, 2.75) is 6.04 Å². The van der Waals surface area contributed by atoms with Gasteiger partial charge in [-0.05, 0) is 29.8 Å². The standard InChI is InChI=1S/C15H14F3NO2/c1-20-9-3-4-10(13(7-9)21-2)15(19)8-5-11(16)14(18)12(17)6-8/h3-7,15H,19H2,1-2H3. The van der Waals surface area contributed by atoms with Gasteiger partial charge in [-0.1, -0.05) is 0 Å². The van der Waals surface area contributed by atoms with Crippen LogP contribution in [0.3, 0.4) is 0 Å². The predicted molar refractivity (Wildman–Crippen MR) is 71.9 cm³/mol. The molecule has 0 saturated carbocycles. The van der Waals surface area contributed by atoms with Crippen LogP contribution in [0.15, 0.2) is 30.3 Å². The first-order chi connectivity index (χ1) is 9.97. The Morgan fingerprint density at radius 1 is 0.952 bits per heavy atom. The highest BCUT2D eigenvalue weighted by molar-refractivity contribution is 5.46. The Kier molecular flexibility index (Phi) is 4.37. The van der Waals surface area contributed by atoms with Crippen LogP contribution in [-0.4, -0.2) is 14.2 Å². The molecule has 0 spiro atoms. The van der Waals surface area contributed by atoms with Crippen LogP contribution in [-0.2, 0) is 0 Å². The molecule has 0 bridgehead atoms. The first-order valence-corrected chi connectivity index (χ1v) is 6.10. The lowest BCUT2D eigenvalue weighted by atomic mass is 9.98. The second-order valence-corrected chi connectivity index (χ2v) is 4.38. The topological polar surface area (TPSA) is 44.5 Å². The maximum atomic E-state index is 13.3. The van der Waals surface area contributed by atoms with Crippen molar-refractivity contribution in [2.75, 3.05) is 14.2 Å². The average Bonchev–Trinajstić information content (AvgIpc) is 2.50. The molecule has 2 aromatic rings. The van der Waals surface area contributed by atoms with Crippen molar-refractivity contribution in [1.82, 2.24) is 0 Å². The number of hydrogen-bond donors (Lipinski definition) is 1. The lowest BCUT2D eigenvalue weighted by molar-refractivity contribution is 0.389. The van der Waals surface area contributed by atoms with E-state index in [0.717, 1.165) is 12.1 Å². The van der Waals surface area contributed by atoms with Crippen molar-refractivity contribution in [3.8, 4) is 11.5 Å². The zero-order valence-corrected chi connectivity index (χ0v) is 11.5. The minimum absolute atomic E-state index is 0.106. The van der Waals surface area contributed by atoms with Gasteiger partial charge < -0.3 is 15.2 Å². The molecule has 0 saturated heterocycles. The third-order valence-electron chi connectivity index (χ3n) is 3.14. The largest absolute Gasteiger partial charge is 0.497 e. The van der Waals surface area contributed by atoms with Gasteiger partial charge >= 0.3 is 0 Å². The van der Waals surface area contributed by atoms with Crippen LogP contribution in [0.5, 0.6) is 11.5 Å². The van der Waals surface area contributed by atoms with E-state index in [1.54, 1.807) is 18.2 Å².